The number of carbonyl (C=O) groups excluding carboxylic acids is 2. The summed E-state index contributed by atoms with van der Waals surface area (Å²) in [6.07, 6.45) is 2.14. The Kier molecular flexibility index (Phi) is 7.65. The van der Waals surface area contributed by atoms with E-state index in [1.165, 1.54) is 17.7 Å². The number of anilines is 3. The van der Waals surface area contributed by atoms with E-state index in [1.807, 2.05) is 18.2 Å². The summed E-state index contributed by atoms with van der Waals surface area (Å²) in [7, 11) is 0. The van der Waals surface area contributed by atoms with E-state index < -0.39 is 11.8 Å². The minimum Gasteiger partial charge on any atom is -0.370 e. The Bertz CT molecular complexity index is 1190. The van der Waals surface area contributed by atoms with Crippen molar-refractivity contribution in [2.24, 2.45) is 0 Å². The number of hydrogen-bond acceptors (Lipinski definition) is 3. The second kappa shape index (κ2) is 11.0. The lowest BCUT2D eigenvalue weighted by Gasteiger charge is -2.22. The Morgan fingerprint density at radius 3 is 2.29 bits per heavy atom. The second-order valence-corrected chi connectivity index (χ2v) is 9.06. The van der Waals surface area contributed by atoms with Crippen molar-refractivity contribution in [3.05, 3.63) is 89.2 Å². The van der Waals surface area contributed by atoms with E-state index in [9.17, 15) is 14.0 Å². The molecule has 1 aliphatic rings. The van der Waals surface area contributed by atoms with E-state index in [-0.39, 0.29) is 11.6 Å². The first kappa shape index (κ1) is 24.3. The molecule has 1 saturated heterocycles. The predicted octanol–water partition coefficient (Wildman–Crippen LogP) is 6.12. The number of para-hydroxylation sites is 1. The summed E-state index contributed by atoms with van der Waals surface area (Å²) in [6, 6.07) is 18.9. The standard InChI is InChI=1S/C28H31FN4O2/c1-19(2)21-11-9-20(10-12-21)18-30-27(34)22-13-14-26(33-15-5-6-16-33)25(17-22)32-28(35)31-24-8-4-3-7-23(24)29/h3-4,7-14,17,19H,5-6,15-16,18H2,1-2H3,(H,30,34)(H2,31,32,35). The molecular weight excluding hydrogens is 443 g/mol. The van der Waals surface area contributed by atoms with E-state index >= 15 is 0 Å². The van der Waals surface area contributed by atoms with E-state index in [1.54, 1.807) is 24.3 Å². The molecule has 3 aromatic rings. The maximum absolute atomic E-state index is 14.0. The van der Waals surface area contributed by atoms with Crippen LogP contribution in [0.3, 0.4) is 0 Å². The normalized spacial score (nSPS) is 13.1. The SMILES string of the molecule is CC(C)c1ccc(CNC(=O)c2ccc(N3CCCC3)c(NC(=O)Nc3ccccc3F)c2)cc1. The molecule has 182 valence electrons. The van der Waals surface area contributed by atoms with E-state index in [0.717, 1.165) is 37.2 Å². The Morgan fingerprint density at radius 1 is 0.914 bits per heavy atom. The number of carbonyl (C=O) groups is 2. The highest BCUT2D eigenvalue weighted by Gasteiger charge is 2.19. The van der Waals surface area contributed by atoms with Crippen LogP contribution in [0, 0.1) is 5.82 Å². The second-order valence-electron chi connectivity index (χ2n) is 9.06. The first-order chi connectivity index (χ1) is 16.9. The van der Waals surface area contributed by atoms with Gasteiger partial charge in [-0.05, 0) is 60.2 Å². The highest BCUT2D eigenvalue weighted by atomic mass is 19.1. The van der Waals surface area contributed by atoms with Gasteiger partial charge >= 0.3 is 6.03 Å². The lowest BCUT2D eigenvalue weighted by atomic mass is 10.0. The molecule has 0 spiro atoms. The predicted molar refractivity (Wildman–Crippen MR) is 139 cm³/mol. The van der Waals surface area contributed by atoms with E-state index in [2.05, 4.69) is 46.8 Å². The molecule has 7 heteroatoms. The first-order valence-electron chi connectivity index (χ1n) is 12.0. The summed E-state index contributed by atoms with van der Waals surface area (Å²) in [5.41, 5.74) is 4.14. The number of benzene rings is 3. The Morgan fingerprint density at radius 2 is 1.60 bits per heavy atom. The Labute approximate surface area is 205 Å². The zero-order chi connectivity index (χ0) is 24.8. The average molecular weight is 475 g/mol. The lowest BCUT2D eigenvalue weighted by molar-refractivity contribution is 0.0951. The number of amides is 3. The van der Waals surface area contributed by atoms with Gasteiger partial charge in [-0.1, -0.05) is 50.2 Å². The van der Waals surface area contributed by atoms with Gasteiger partial charge < -0.3 is 20.9 Å². The van der Waals surface area contributed by atoms with Crippen LogP contribution in [0.2, 0.25) is 0 Å². The number of rotatable bonds is 7. The number of nitrogens with zero attached hydrogens (tertiary/aromatic N) is 1. The van der Waals surface area contributed by atoms with Crippen molar-refractivity contribution in [1.29, 1.82) is 0 Å². The smallest absolute Gasteiger partial charge is 0.323 e. The number of urea groups is 1. The van der Waals surface area contributed by atoms with Gasteiger partial charge in [-0.2, -0.15) is 0 Å². The molecule has 1 heterocycles. The largest absolute Gasteiger partial charge is 0.370 e. The molecule has 0 aromatic heterocycles. The van der Waals surface area contributed by atoms with Crippen LogP contribution in [0.4, 0.5) is 26.2 Å². The summed E-state index contributed by atoms with van der Waals surface area (Å²) < 4.78 is 14.0. The Hall–Kier alpha value is -3.87. The van der Waals surface area contributed by atoms with Gasteiger partial charge in [0.15, 0.2) is 0 Å². The van der Waals surface area contributed by atoms with Crippen molar-refractivity contribution >= 4 is 29.0 Å². The molecule has 1 aliphatic heterocycles. The molecule has 0 bridgehead atoms. The fourth-order valence-electron chi connectivity index (χ4n) is 4.15. The summed E-state index contributed by atoms with van der Waals surface area (Å²) in [5, 5.41) is 8.30. The van der Waals surface area contributed by atoms with Crippen molar-refractivity contribution in [1.82, 2.24) is 5.32 Å². The van der Waals surface area contributed by atoms with E-state index in [0.29, 0.717) is 23.7 Å². The zero-order valence-corrected chi connectivity index (χ0v) is 20.1. The zero-order valence-electron chi connectivity index (χ0n) is 20.1. The van der Waals surface area contributed by atoms with Gasteiger partial charge in [0.2, 0.25) is 0 Å². The highest BCUT2D eigenvalue weighted by molar-refractivity contribution is 6.04. The topological polar surface area (TPSA) is 73.5 Å². The molecule has 4 rings (SSSR count). The lowest BCUT2D eigenvalue weighted by Crippen LogP contribution is -2.26. The van der Waals surface area contributed by atoms with Crippen LogP contribution < -0.4 is 20.9 Å². The molecule has 0 atom stereocenters. The summed E-state index contributed by atoms with van der Waals surface area (Å²) >= 11 is 0. The maximum Gasteiger partial charge on any atom is 0.323 e. The van der Waals surface area contributed by atoms with Gasteiger partial charge in [-0.15, -0.1) is 0 Å². The third-order valence-electron chi connectivity index (χ3n) is 6.18. The quantitative estimate of drug-likeness (QED) is 0.386. The van der Waals surface area contributed by atoms with Gasteiger partial charge in [0.25, 0.3) is 5.91 Å². The van der Waals surface area contributed by atoms with Crippen LogP contribution in [-0.4, -0.2) is 25.0 Å². The molecule has 0 aliphatic carbocycles. The number of halogens is 1. The number of nitrogens with one attached hydrogen (secondary N) is 3. The van der Waals surface area contributed by atoms with Gasteiger partial charge in [0.1, 0.15) is 5.82 Å². The molecule has 6 nitrogen and oxygen atoms in total. The molecule has 0 saturated carbocycles. The van der Waals surface area contributed by atoms with Gasteiger partial charge in [0.05, 0.1) is 17.1 Å². The molecule has 3 aromatic carbocycles. The maximum atomic E-state index is 14.0. The monoisotopic (exact) mass is 474 g/mol. The molecule has 0 unspecified atom stereocenters. The molecule has 0 radical (unpaired) electrons. The van der Waals surface area contributed by atoms with Gasteiger partial charge in [-0.3, -0.25) is 4.79 Å². The summed E-state index contributed by atoms with van der Waals surface area (Å²) in [5.74, 6) is -0.297. The van der Waals surface area contributed by atoms with Crippen LogP contribution in [0.5, 0.6) is 0 Å². The molecular formula is C28H31FN4O2. The highest BCUT2D eigenvalue weighted by Crippen LogP contribution is 2.30. The van der Waals surface area contributed by atoms with Crippen molar-refractivity contribution in [2.45, 2.75) is 39.2 Å². The van der Waals surface area contributed by atoms with Gasteiger partial charge in [-0.25, -0.2) is 9.18 Å². The number of hydrogen-bond donors (Lipinski definition) is 3. The summed E-state index contributed by atoms with van der Waals surface area (Å²) in [6.45, 7) is 6.44. The molecule has 1 fully saturated rings. The van der Waals surface area contributed by atoms with E-state index in [4.69, 9.17) is 0 Å². The van der Waals surface area contributed by atoms with Crippen molar-refractivity contribution in [3.63, 3.8) is 0 Å². The van der Waals surface area contributed by atoms with Crippen LogP contribution >= 0.6 is 0 Å². The minimum absolute atomic E-state index is 0.0881. The fraction of sp³-hybridized carbons (Fsp3) is 0.286. The Balaban J connectivity index is 1.48. The van der Waals surface area contributed by atoms with Crippen molar-refractivity contribution in [3.8, 4) is 0 Å². The average Bonchev–Trinajstić information content (AvgIpc) is 3.39. The van der Waals surface area contributed by atoms with Crippen LogP contribution in [0.25, 0.3) is 0 Å². The fourth-order valence-corrected chi connectivity index (χ4v) is 4.15. The van der Waals surface area contributed by atoms with Gasteiger partial charge in [0, 0.05) is 25.2 Å². The van der Waals surface area contributed by atoms with Crippen molar-refractivity contribution < 1.29 is 14.0 Å². The van der Waals surface area contributed by atoms with Crippen LogP contribution in [0.15, 0.2) is 66.7 Å². The summed E-state index contributed by atoms with van der Waals surface area (Å²) in [4.78, 5) is 27.7. The minimum atomic E-state index is -0.571. The first-order valence-corrected chi connectivity index (χ1v) is 12.0. The third kappa shape index (κ3) is 6.18. The molecule has 35 heavy (non-hydrogen) atoms. The van der Waals surface area contributed by atoms with Crippen LogP contribution in [-0.2, 0) is 6.54 Å². The molecule has 3 N–H and O–H groups in total. The van der Waals surface area contributed by atoms with Crippen LogP contribution in [0.1, 0.15) is 54.1 Å². The molecule has 3 amide bonds. The van der Waals surface area contributed by atoms with Crippen molar-refractivity contribution in [2.75, 3.05) is 28.6 Å². The third-order valence-corrected chi connectivity index (χ3v) is 6.18.